The van der Waals surface area contributed by atoms with Crippen LogP contribution in [0.2, 0.25) is 10.0 Å². The van der Waals surface area contributed by atoms with E-state index in [9.17, 15) is 9.59 Å². The summed E-state index contributed by atoms with van der Waals surface area (Å²) in [7, 11) is 0. The molecule has 1 spiro atoms. The maximum Gasteiger partial charge on any atom is 0.244 e. The fourth-order valence-electron chi connectivity index (χ4n) is 5.12. The van der Waals surface area contributed by atoms with Gasteiger partial charge in [0.1, 0.15) is 11.1 Å². The first-order chi connectivity index (χ1) is 17.4. The van der Waals surface area contributed by atoms with Gasteiger partial charge < -0.3 is 10.2 Å². The molecule has 8 nitrogen and oxygen atoms in total. The van der Waals surface area contributed by atoms with Crippen LogP contribution in [0, 0.1) is 0 Å². The first kappa shape index (κ1) is 22.7. The van der Waals surface area contributed by atoms with Gasteiger partial charge in [-0.15, -0.1) is 5.10 Å². The summed E-state index contributed by atoms with van der Waals surface area (Å²) in [4.78, 5) is 33.2. The molecule has 2 aliphatic heterocycles. The lowest BCUT2D eigenvalue weighted by atomic mass is 9.73. The van der Waals surface area contributed by atoms with Crippen LogP contribution in [0.3, 0.4) is 0 Å². The van der Waals surface area contributed by atoms with E-state index in [1.165, 1.54) is 0 Å². The quantitative estimate of drug-likeness (QED) is 0.420. The van der Waals surface area contributed by atoms with Crippen LogP contribution in [0.25, 0.3) is 0 Å². The minimum absolute atomic E-state index is 0.0935. The van der Waals surface area contributed by atoms with Crippen LogP contribution in [-0.2, 0) is 21.5 Å². The molecule has 0 radical (unpaired) electrons. The summed E-state index contributed by atoms with van der Waals surface area (Å²) >= 11 is 12.5. The van der Waals surface area contributed by atoms with Gasteiger partial charge in [0, 0.05) is 28.1 Å². The fraction of sp³-hybridized carbons (Fsp3) is 0.192. The summed E-state index contributed by atoms with van der Waals surface area (Å²) < 4.78 is 1.64. The summed E-state index contributed by atoms with van der Waals surface area (Å²) in [6.07, 6.45) is 3.31. The van der Waals surface area contributed by atoms with Crippen LogP contribution in [0.1, 0.15) is 41.8 Å². The van der Waals surface area contributed by atoms with Gasteiger partial charge in [-0.05, 0) is 60.0 Å². The van der Waals surface area contributed by atoms with E-state index in [0.717, 1.165) is 11.1 Å². The number of rotatable bonds is 4. The van der Waals surface area contributed by atoms with Gasteiger partial charge in [-0.25, -0.2) is 4.68 Å². The van der Waals surface area contributed by atoms with Crippen molar-refractivity contribution in [1.82, 2.24) is 20.0 Å². The molecule has 6 rings (SSSR count). The van der Waals surface area contributed by atoms with E-state index < -0.39 is 5.41 Å². The SMILES string of the molecule is C[C@@H](c1ccc(Cl)cc1)n1nnc2c1NC(=O)C[C@]21C(=O)N(Cc2cccnc2)c2ccc(Cl)cc21. The van der Waals surface area contributed by atoms with Crippen molar-refractivity contribution in [3.05, 3.63) is 99.4 Å². The molecular weight excluding hydrogens is 499 g/mol. The molecule has 2 atom stereocenters. The molecule has 2 amide bonds. The van der Waals surface area contributed by atoms with Gasteiger partial charge in [-0.1, -0.05) is 46.6 Å². The van der Waals surface area contributed by atoms with E-state index in [4.69, 9.17) is 23.2 Å². The number of nitrogens with one attached hydrogen (secondary N) is 1. The summed E-state index contributed by atoms with van der Waals surface area (Å²) in [6, 6.07) is 16.2. The topological polar surface area (TPSA) is 93.0 Å². The number of carbonyl (C=O) groups excluding carboxylic acids is 2. The number of hydrogen-bond acceptors (Lipinski definition) is 5. The number of anilines is 2. The van der Waals surface area contributed by atoms with Gasteiger partial charge in [0.15, 0.2) is 5.82 Å². The van der Waals surface area contributed by atoms with Gasteiger partial charge in [0.2, 0.25) is 11.8 Å². The molecular formula is C26H20Cl2N6O2. The molecule has 0 fully saturated rings. The standard InChI is InChI=1S/C26H20Cl2N6O2/c1-15(17-4-6-18(27)7-5-17)34-24-23(31-32-34)26(12-22(35)30-24)20-11-19(28)8-9-21(20)33(25(26)36)14-16-3-2-10-29-13-16/h2-11,13,15H,12,14H2,1H3,(H,30,35)/t15-,26+/m0/s1. The number of hydrogen-bond donors (Lipinski definition) is 1. The van der Waals surface area contributed by atoms with Crippen molar-refractivity contribution in [2.45, 2.75) is 31.3 Å². The van der Waals surface area contributed by atoms with E-state index in [-0.39, 0.29) is 24.3 Å². The van der Waals surface area contributed by atoms with Crippen molar-refractivity contribution >= 4 is 46.5 Å². The number of carbonyl (C=O) groups is 2. The number of aromatic nitrogens is 4. The van der Waals surface area contributed by atoms with E-state index in [1.54, 1.807) is 46.2 Å². The molecule has 36 heavy (non-hydrogen) atoms. The lowest BCUT2D eigenvalue weighted by Gasteiger charge is -2.31. The smallest absolute Gasteiger partial charge is 0.244 e. The summed E-state index contributed by atoms with van der Waals surface area (Å²) in [5, 5.41) is 12.9. The number of pyridine rings is 1. The molecule has 0 unspecified atom stereocenters. The van der Waals surface area contributed by atoms with Crippen LogP contribution in [0.15, 0.2) is 67.0 Å². The van der Waals surface area contributed by atoms with E-state index in [1.807, 2.05) is 37.3 Å². The molecule has 4 heterocycles. The zero-order valence-corrected chi connectivity index (χ0v) is 20.7. The van der Waals surface area contributed by atoms with Crippen LogP contribution in [0.4, 0.5) is 11.5 Å². The molecule has 0 aliphatic carbocycles. The second kappa shape index (κ2) is 8.43. The zero-order chi connectivity index (χ0) is 25.0. The maximum absolute atomic E-state index is 14.2. The number of halogens is 2. The third-order valence-electron chi connectivity index (χ3n) is 6.88. The van der Waals surface area contributed by atoms with Gasteiger partial charge in [0.25, 0.3) is 0 Å². The Morgan fingerprint density at radius 1 is 1.08 bits per heavy atom. The molecule has 2 aliphatic rings. The second-order valence-corrected chi connectivity index (χ2v) is 9.88. The Labute approximate surface area is 216 Å². The summed E-state index contributed by atoms with van der Waals surface area (Å²) in [6.45, 7) is 2.25. The lowest BCUT2D eigenvalue weighted by molar-refractivity contribution is -0.126. The molecule has 2 aromatic carbocycles. The Bertz CT molecular complexity index is 1500. The zero-order valence-electron chi connectivity index (χ0n) is 19.2. The number of nitrogens with zero attached hydrogens (tertiary/aromatic N) is 5. The highest BCUT2D eigenvalue weighted by molar-refractivity contribution is 6.31. The van der Waals surface area contributed by atoms with Crippen molar-refractivity contribution in [3.63, 3.8) is 0 Å². The largest absolute Gasteiger partial charge is 0.309 e. The van der Waals surface area contributed by atoms with Crippen LogP contribution in [-0.4, -0.2) is 31.8 Å². The minimum Gasteiger partial charge on any atom is -0.309 e. The van der Waals surface area contributed by atoms with Crippen molar-refractivity contribution in [2.24, 2.45) is 0 Å². The summed E-state index contributed by atoms with van der Waals surface area (Å²) in [5.74, 6) is -0.140. The highest BCUT2D eigenvalue weighted by Crippen LogP contribution is 2.52. The van der Waals surface area contributed by atoms with Crippen molar-refractivity contribution in [1.29, 1.82) is 0 Å². The third kappa shape index (κ3) is 3.40. The Balaban J connectivity index is 1.50. The van der Waals surface area contributed by atoms with Crippen LogP contribution < -0.4 is 10.2 Å². The number of fused-ring (bicyclic) bond motifs is 4. The molecule has 180 valence electrons. The average molecular weight is 519 g/mol. The minimum atomic E-state index is -1.34. The third-order valence-corrected chi connectivity index (χ3v) is 7.37. The Morgan fingerprint density at radius 3 is 2.61 bits per heavy atom. The predicted molar refractivity (Wildman–Crippen MR) is 136 cm³/mol. The monoisotopic (exact) mass is 518 g/mol. The average Bonchev–Trinajstić information content (AvgIpc) is 3.39. The summed E-state index contributed by atoms with van der Waals surface area (Å²) in [5.41, 5.74) is 2.20. The normalized spacial score (nSPS) is 19.2. The van der Waals surface area contributed by atoms with Crippen molar-refractivity contribution in [3.8, 4) is 0 Å². The molecule has 0 bridgehead atoms. The molecule has 0 saturated heterocycles. The first-order valence-electron chi connectivity index (χ1n) is 11.4. The highest BCUT2D eigenvalue weighted by Gasteiger charge is 2.58. The van der Waals surface area contributed by atoms with E-state index >= 15 is 0 Å². The van der Waals surface area contributed by atoms with Gasteiger partial charge in [0.05, 0.1) is 19.0 Å². The van der Waals surface area contributed by atoms with Gasteiger partial charge >= 0.3 is 0 Å². The molecule has 2 aromatic heterocycles. The number of amides is 2. The van der Waals surface area contributed by atoms with E-state index in [2.05, 4.69) is 20.6 Å². The lowest BCUT2D eigenvalue weighted by Crippen LogP contribution is -2.47. The molecule has 10 heteroatoms. The highest BCUT2D eigenvalue weighted by atomic mass is 35.5. The Hall–Kier alpha value is -3.75. The Morgan fingerprint density at radius 2 is 1.86 bits per heavy atom. The number of benzene rings is 2. The van der Waals surface area contributed by atoms with E-state index in [0.29, 0.717) is 39.4 Å². The molecule has 1 N–H and O–H groups in total. The van der Waals surface area contributed by atoms with Gasteiger partial charge in [-0.2, -0.15) is 0 Å². The maximum atomic E-state index is 14.2. The fourth-order valence-corrected chi connectivity index (χ4v) is 5.42. The van der Waals surface area contributed by atoms with Crippen LogP contribution in [0.5, 0.6) is 0 Å². The molecule has 4 aromatic rings. The van der Waals surface area contributed by atoms with Crippen LogP contribution >= 0.6 is 23.2 Å². The predicted octanol–water partition coefficient (Wildman–Crippen LogP) is 4.76. The van der Waals surface area contributed by atoms with Crippen molar-refractivity contribution < 1.29 is 9.59 Å². The molecule has 0 saturated carbocycles. The van der Waals surface area contributed by atoms with Crippen molar-refractivity contribution in [2.75, 3.05) is 10.2 Å². The first-order valence-corrected chi connectivity index (χ1v) is 12.2. The van der Waals surface area contributed by atoms with Gasteiger partial charge in [-0.3, -0.25) is 14.6 Å². The Kier molecular flexibility index (Phi) is 5.31. The second-order valence-electron chi connectivity index (χ2n) is 9.00.